The van der Waals surface area contributed by atoms with E-state index in [1.54, 1.807) is 19.2 Å². The van der Waals surface area contributed by atoms with Crippen LogP contribution in [0.25, 0.3) is 0 Å². The number of nitrogens with two attached hydrogens (primary N) is 1. The molecule has 25 heavy (non-hydrogen) atoms. The van der Waals surface area contributed by atoms with E-state index in [0.29, 0.717) is 24.5 Å². The van der Waals surface area contributed by atoms with Crippen LogP contribution in [0.1, 0.15) is 25.3 Å². The lowest BCUT2D eigenvalue weighted by Crippen LogP contribution is -2.35. The quantitative estimate of drug-likeness (QED) is 0.728. The molecule has 0 aliphatic rings. The summed E-state index contributed by atoms with van der Waals surface area (Å²) in [5.41, 5.74) is 7.72. The lowest BCUT2D eigenvalue weighted by Gasteiger charge is -2.12. The molecule has 5 nitrogen and oxygen atoms in total. The summed E-state index contributed by atoms with van der Waals surface area (Å²) in [6.45, 7) is 2.71. The molecule has 0 saturated heterocycles. The van der Waals surface area contributed by atoms with Gasteiger partial charge in [-0.05, 0) is 54.8 Å². The summed E-state index contributed by atoms with van der Waals surface area (Å²) in [5, 5.41) is 2.81. The standard InChI is InChI=1S/C20H26N2O3/c1-3-4-19(21)20(23)22-16-7-11-18(12-8-16)25-17-9-5-15(6-10-17)13-14-24-2/h5-12,19H,3-4,13-14,21H2,1-2H3,(H,22,23). The van der Waals surface area contributed by atoms with Gasteiger partial charge >= 0.3 is 0 Å². The van der Waals surface area contributed by atoms with Gasteiger partial charge in [0.05, 0.1) is 12.6 Å². The van der Waals surface area contributed by atoms with Gasteiger partial charge in [-0.25, -0.2) is 0 Å². The van der Waals surface area contributed by atoms with Crippen LogP contribution in [0.4, 0.5) is 5.69 Å². The predicted molar refractivity (Wildman–Crippen MR) is 100 cm³/mol. The Morgan fingerprint density at radius 2 is 1.68 bits per heavy atom. The van der Waals surface area contributed by atoms with Gasteiger partial charge < -0.3 is 20.5 Å². The van der Waals surface area contributed by atoms with Crippen LogP contribution >= 0.6 is 0 Å². The number of methoxy groups -OCH3 is 1. The number of ether oxygens (including phenoxy) is 2. The monoisotopic (exact) mass is 342 g/mol. The fourth-order valence-electron chi connectivity index (χ4n) is 2.36. The second kappa shape index (κ2) is 9.81. The van der Waals surface area contributed by atoms with Crippen molar-refractivity contribution < 1.29 is 14.3 Å². The van der Waals surface area contributed by atoms with Crippen molar-refractivity contribution in [2.45, 2.75) is 32.2 Å². The second-order valence-corrected chi connectivity index (χ2v) is 5.90. The van der Waals surface area contributed by atoms with Crippen molar-refractivity contribution in [3.63, 3.8) is 0 Å². The van der Waals surface area contributed by atoms with Gasteiger partial charge in [0.25, 0.3) is 0 Å². The van der Waals surface area contributed by atoms with Crippen LogP contribution in [-0.4, -0.2) is 25.7 Å². The zero-order valence-electron chi connectivity index (χ0n) is 14.8. The molecule has 5 heteroatoms. The third-order valence-corrected chi connectivity index (χ3v) is 3.81. The average Bonchev–Trinajstić information content (AvgIpc) is 2.63. The third-order valence-electron chi connectivity index (χ3n) is 3.81. The highest BCUT2D eigenvalue weighted by Gasteiger charge is 2.12. The second-order valence-electron chi connectivity index (χ2n) is 5.90. The van der Waals surface area contributed by atoms with E-state index in [0.717, 1.165) is 18.6 Å². The van der Waals surface area contributed by atoms with Crippen molar-refractivity contribution in [1.29, 1.82) is 0 Å². The molecule has 2 aromatic rings. The molecule has 2 aromatic carbocycles. The first-order valence-electron chi connectivity index (χ1n) is 8.54. The molecular formula is C20H26N2O3. The molecular weight excluding hydrogens is 316 g/mol. The molecule has 134 valence electrons. The van der Waals surface area contributed by atoms with Gasteiger partial charge in [-0.15, -0.1) is 0 Å². The van der Waals surface area contributed by atoms with Gasteiger partial charge in [0.2, 0.25) is 5.91 Å². The van der Waals surface area contributed by atoms with E-state index in [-0.39, 0.29) is 5.91 Å². The Kier molecular flexibility index (Phi) is 7.44. The fraction of sp³-hybridized carbons (Fsp3) is 0.350. The minimum absolute atomic E-state index is 0.165. The summed E-state index contributed by atoms with van der Waals surface area (Å²) in [6, 6.07) is 14.7. The summed E-state index contributed by atoms with van der Waals surface area (Å²) in [7, 11) is 1.70. The lowest BCUT2D eigenvalue weighted by atomic mass is 10.1. The zero-order valence-corrected chi connectivity index (χ0v) is 14.8. The largest absolute Gasteiger partial charge is 0.457 e. The number of nitrogens with one attached hydrogen (secondary N) is 1. The summed E-state index contributed by atoms with van der Waals surface area (Å²) in [5.74, 6) is 1.31. The summed E-state index contributed by atoms with van der Waals surface area (Å²) in [4.78, 5) is 11.9. The van der Waals surface area contributed by atoms with Crippen LogP contribution < -0.4 is 15.8 Å². The highest BCUT2D eigenvalue weighted by molar-refractivity contribution is 5.94. The van der Waals surface area contributed by atoms with E-state index in [2.05, 4.69) is 5.32 Å². The van der Waals surface area contributed by atoms with E-state index in [4.69, 9.17) is 15.2 Å². The Morgan fingerprint density at radius 1 is 1.08 bits per heavy atom. The molecule has 0 aromatic heterocycles. The number of anilines is 1. The maximum atomic E-state index is 11.9. The molecule has 0 aliphatic heterocycles. The highest BCUT2D eigenvalue weighted by atomic mass is 16.5. The van der Waals surface area contributed by atoms with Crippen LogP contribution in [0.15, 0.2) is 48.5 Å². The normalized spacial score (nSPS) is 11.8. The van der Waals surface area contributed by atoms with Crippen LogP contribution in [0.5, 0.6) is 11.5 Å². The number of amides is 1. The minimum atomic E-state index is -0.474. The molecule has 0 fully saturated rings. The first-order valence-corrected chi connectivity index (χ1v) is 8.54. The maximum Gasteiger partial charge on any atom is 0.241 e. The molecule has 0 saturated carbocycles. The predicted octanol–water partition coefficient (Wildman–Crippen LogP) is 3.73. The van der Waals surface area contributed by atoms with Crippen LogP contribution in [0, 0.1) is 0 Å². The molecule has 0 spiro atoms. The SMILES string of the molecule is CCCC(N)C(=O)Nc1ccc(Oc2ccc(CCOC)cc2)cc1. The molecule has 1 atom stereocenters. The number of carbonyl (C=O) groups is 1. The van der Waals surface area contributed by atoms with Crippen molar-refractivity contribution in [2.24, 2.45) is 5.73 Å². The van der Waals surface area contributed by atoms with E-state index < -0.39 is 6.04 Å². The van der Waals surface area contributed by atoms with Gasteiger partial charge in [0.1, 0.15) is 11.5 Å². The lowest BCUT2D eigenvalue weighted by molar-refractivity contribution is -0.117. The van der Waals surface area contributed by atoms with Crippen LogP contribution in [-0.2, 0) is 16.0 Å². The van der Waals surface area contributed by atoms with E-state index >= 15 is 0 Å². The van der Waals surface area contributed by atoms with Gasteiger partial charge in [-0.2, -0.15) is 0 Å². The van der Waals surface area contributed by atoms with Gasteiger partial charge in [-0.1, -0.05) is 25.5 Å². The van der Waals surface area contributed by atoms with Crippen molar-refractivity contribution in [2.75, 3.05) is 19.0 Å². The summed E-state index contributed by atoms with van der Waals surface area (Å²) < 4.78 is 10.9. The summed E-state index contributed by atoms with van der Waals surface area (Å²) in [6.07, 6.45) is 2.43. The zero-order chi connectivity index (χ0) is 18.1. The molecule has 3 N–H and O–H groups in total. The Labute approximate surface area is 149 Å². The molecule has 1 unspecified atom stereocenters. The third kappa shape index (κ3) is 6.21. The average molecular weight is 342 g/mol. The van der Waals surface area contributed by atoms with Crippen LogP contribution in [0.3, 0.4) is 0 Å². The number of carbonyl (C=O) groups excluding carboxylic acids is 1. The first kappa shape index (κ1) is 19.0. The van der Waals surface area contributed by atoms with Crippen LogP contribution in [0.2, 0.25) is 0 Å². The molecule has 0 heterocycles. The number of hydrogen-bond donors (Lipinski definition) is 2. The van der Waals surface area contributed by atoms with Crippen molar-refractivity contribution >= 4 is 11.6 Å². The summed E-state index contributed by atoms with van der Waals surface area (Å²) >= 11 is 0. The molecule has 1 amide bonds. The van der Waals surface area contributed by atoms with Gasteiger partial charge in [0.15, 0.2) is 0 Å². The Balaban J connectivity index is 1.90. The Bertz CT molecular complexity index is 654. The Morgan fingerprint density at radius 3 is 2.24 bits per heavy atom. The number of hydrogen-bond acceptors (Lipinski definition) is 4. The Hall–Kier alpha value is -2.37. The number of rotatable bonds is 9. The van der Waals surface area contributed by atoms with Gasteiger partial charge in [0, 0.05) is 12.8 Å². The molecule has 0 bridgehead atoms. The first-order chi connectivity index (χ1) is 12.1. The number of benzene rings is 2. The van der Waals surface area contributed by atoms with E-state index in [1.807, 2.05) is 43.3 Å². The smallest absolute Gasteiger partial charge is 0.241 e. The topological polar surface area (TPSA) is 73.6 Å². The van der Waals surface area contributed by atoms with Crippen molar-refractivity contribution in [1.82, 2.24) is 0 Å². The molecule has 2 rings (SSSR count). The van der Waals surface area contributed by atoms with E-state index in [9.17, 15) is 4.79 Å². The fourth-order valence-corrected chi connectivity index (χ4v) is 2.36. The van der Waals surface area contributed by atoms with Crippen molar-refractivity contribution in [3.8, 4) is 11.5 Å². The highest BCUT2D eigenvalue weighted by Crippen LogP contribution is 2.23. The molecule has 0 radical (unpaired) electrons. The van der Waals surface area contributed by atoms with E-state index in [1.165, 1.54) is 5.56 Å². The van der Waals surface area contributed by atoms with Gasteiger partial charge in [-0.3, -0.25) is 4.79 Å². The maximum absolute atomic E-state index is 11.9. The van der Waals surface area contributed by atoms with Crippen molar-refractivity contribution in [3.05, 3.63) is 54.1 Å². The minimum Gasteiger partial charge on any atom is -0.457 e. The molecule has 0 aliphatic carbocycles.